The monoisotopic (exact) mass is 339 g/mol. The number of amides is 1. The fraction of sp³-hybridized carbons (Fsp3) is 0.125. The molecule has 0 atom stereocenters. The van der Waals surface area contributed by atoms with E-state index >= 15 is 0 Å². The molecule has 0 spiro atoms. The lowest BCUT2D eigenvalue weighted by Crippen LogP contribution is -2.20. The number of thioether (sulfide) groups is 1. The minimum atomic E-state index is -0.418. The van der Waals surface area contributed by atoms with E-state index in [1.807, 2.05) is 24.3 Å². The largest absolute Gasteiger partial charge is 0.321 e. The second kappa shape index (κ2) is 5.97. The Balaban J connectivity index is 1.49. The molecule has 0 radical (unpaired) electrons. The topological polar surface area (TPSA) is 90.5 Å². The average molecular weight is 339 g/mol. The van der Waals surface area contributed by atoms with Crippen molar-refractivity contribution < 1.29 is 4.79 Å². The highest BCUT2D eigenvalue weighted by atomic mass is 32.2. The molecule has 8 heteroatoms. The number of rotatable bonds is 3. The summed E-state index contributed by atoms with van der Waals surface area (Å²) in [7, 11) is 0. The number of hydrogen-bond acceptors (Lipinski definition) is 6. The van der Waals surface area contributed by atoms with Crippen LogP contribution in [0.3, 0.4) is 0 Å². The number of hydrogen-bond donors (Lipinski definition) is 2. The van der Waals surface area contributed by atoms with E-state index in [0.717, 1.165) is 29.5 Å². The first-order chi connectivity index (χ1) is 11.7. The summed E-state index contributed by atoms with van der Waals surface area (Å²) in [6.45, 7) is 1.73. The van der Waals surface area contributed by atoms with Crippen LogP contribution >= 0.6 is 11.8 Å². The van der Waals surface area contributed by atoms with Crippen molar-refractivity contribution in [3.8, 4) is 0 Å². The number of aliphatic imine (C=N–C) groups is 1. The van der Waals surface area contributed by atoms with E-state index in [0.29, 0.717) is 5.69 Å². The van der Waals surface area contributed by atoms with Crippen LogP contribution in [-0.4, -0.2) is 39.0 Å². The predicted octanol–water partition coefficient (Wildman–Crippen LogP) is 1.74. The van der Waals surface area contributed by atoms with Crippen LogP contribution in [0.2, 0.25) is 0 Å². The summed E-state index contributed by atoms with van der Waals surface area (Å²) in [6.07, 6.45) is 1.21. The van der Waals surface area contributed by atoms with E-state index < -0.39 is 5.91 Å². The van der Waals surface area contributed by atoms with E-state index in [-0.39, 0.29) is 11.3 Å². The summed E-state index contributed by atoms with van der Waals surface area (Å²) >= 11 is 1.63. The lowest BCUT2D eigenvalue weighted by Gasteiger charge is -2.16. The van der Waals surface area contributed by atoms with Gasteiger partial charge in [0.25, 0.3) is 11.5 Å². The van der Waals surface area contributed by atoms with Crippen LogP contribution in [0, 0.1) is 0 Å². The zero-order valence-corrected chi connectivity index (χ0v) is 13.3. The van der Waals surface area contributed by atoms with Crippen LogP contribution in [0.1, 0.15) is 16.1 Å². The van der Waals surface area contributed by atoms with Crippen LogP contribution in [0.5, 0.6) is 0 Å². The second-order valence-electron chi connectivity index (χ2n) is 5.26. The van der Waals surface area contributed by atoms with Gasteiger partial charge in [0.2, 0.25) is 0 Å². The molecule has 1 amide bonds. The lowest BCUT2D eigenvalue weighted by molar-refractivity contribution is 0.102. The molecule has 2 aliphatic heterocycles. The number of aromatic nitrogens is 2. The van der Waals surface area contributed by atoms with Gasteiger partial charge in [0.15, 0.2) is 5.17 Å². The molecule has 1 aromatic carbocycles. The molecule has 2 N–H and O–H groups in total. The smallest absolute Gasteiger partial charge is 0.274 e. The number of nitrogens with zero attached hydrogens (tertiary/aromatic N) is 3. The van der Waals surface area contributed by atoms with Crippen molar-refractivity contribution >= 4 is 34.2 Å². The van der Waals surface area contributed by atoms with Crippen LogP contribution in [0.15, 0.2) is 51.9 Å². The third-order valence-electron chi connectivity index (χ3n) is 3.72. The van der Waals surface area contributed by atoms with Gasteiger partial charge in [-0.1, -0.05) is 23.9 Å². The number of nitrogens with one attached hydrogen (secondary N) is 2. The molecule has 0 unspecified atom stereocenters. The highest BCUT2D eigenvalue weighted by molar-refractivity contribution is 8.16. The van der Waals surface area contributed by atoms with Gasteiger partial charge in [0.05, 0.1) is 18.6 Å². The molecule has 24 heavy (non-hydrogen) atoms. The summed E-state index contributed by atoms with van der Waals surface area (Å²) < 4.78 is 0. The number of carbonyl (C=O) groups excluding carboxylic acids is 1. The maximum Gasteiger partial charge on any atom is 0.274 e. The highest BCUT2D eigenvalue weighted by Crippen LogP contribution is 2.35. The van der Waals surface area contributed by atoms with Crippen LogP contribution in [0.25, 0.3) is 5.70 Å². The van der Waals surface area contributed by atoms with Gasteiger partial charge in [-0.05, 0) is 17.7 Å². The van der Waals surface area contributed by atoms with E-state index in [9.17, 15) is 9.59 Å². The molecule has 1 aromatic heterocycles. The Kier molecular flexibility index (Phi) is 3.66. The number of anilines is 1. The first-order valence-corrected chi connectivity index (χ1v) is 8.24. The molecule has 4 rings (SSSR count). The van der Waals surface area contributed by atoms with Gasteiger partial charge in [-0.2, -0.15) is 0 Å². The Bertz CT molecular complexity index is 917. The molecule has 7 nitrogen and oxygen atoms in total. The molecular formula is C16H13N5O2S. The molecular weight excluding hydrogens is 326 g/mol. The molecule has 0 saturated carbocycles. The molecule has 0 fully saturated rings. The standard InChI is InChI=1S/C16H13N5O2S/c22-14-7-12(18-9-19-14)15(23)20-11-3-1-10(2-4-11)13-8-24-16-17-5-6-21(13)16/h1-4,7-9H,5-6H2,(H,20,23)(H,18,19,22). The summed E-state index contributed by atoms with van der Waals surface area (Å²) in [4.78, 5) is 36.2. The predicted molar refractivity (Wildman–Crippen MR) is 93.8 cm³/mol. The van der Waals surface area contributed by atoms with Crippen molar-refractivity contribution in [2.24, 2.45) is 4.99 Å². The van der Waals surface area contributed by atoms with E-state index in [1.165, 1.54) is 12.4 Å². The van der Waals surface area contributed by atoms with Crippen molar-refractivity contribution in [1.82, 2.24) is 14.9 Å². The molecule has 2 aromatic rings. The van der Waals surface area contributed by atoms with Crippen molar-refractivity contribution in [2.75, 3.05) is 18.4 Å². The SMILES string of the molecule is O=C(Nc1ccc(C2=CSC3=NCCN23)cc1)c1cc(=O)[nH]cn1. The molecule has 120 valence electrons. The van der Waals surface area contributed by atoms with Crippen LogP contribution < -0.4 is 10.9 Å². The minimum Gasteiger partial charge on any atom is -0.321 e. The van der Waals surface area contributed by atoms with E-state index in [2.05, 4.69) is 30.6 Å². The third kappa shape index (κ3) is 2.71. The number of benzene rings is 1. The minimum absolute atomic E-state index is 0.0793. The number of aromatic amines is 1. The Morgan fingerprint density at radius 1 is 1.29 bits per heavy atom. The normalized spacial score (nSPS) is 15.8. The second-order valence-corrected chi connectivity index (χ2v) is 6.10. The van der Waals surface area contributed by atoms with Crippen molar-refractivity contribution in [1.29, 1.82) is 0 Å². The van der Waals surface area contributed by atoms with Crippen molar-refractivity contribution in [3.63, 3.8) is 0 Å². The zero-order valence-electron chi connectivity index (χ0n) is 12.5. The van der Waals surface area contributed by atoms with Gasteiger partial charge in [-0.15, -0.1) is 0 Å². The first-order valence-electron chi connectivity index (χ1n) is 7.36. The fourth-order valence-corrected chi connectivity index (χ4v) is 3.52. The van der Waals surface area contributed by atoms with E-state index in [1.54, 1.807) is 11.8 Å². The van der Waals surface area contributed by atoms with Crippen LogP contribution in [0.4, 0.5) is 5.69 Å². The third-order valence-corrected chi connectivity index (χ3v) is 4.62. The van der Waals surface area contributed by atoms with Gasteiger partial charge in [0.1, 0.15) is 5.69 Å². The zero-order chi connectivity index (χ0) is 16.5. The maximum atomic E-state index is 12.1. The Morgan fingerprint density at radius 3 is 2.92 bits per heavy atom. The number of carbonyl (C=O) groups is 1. The van der Waals surface area contributed by atoms with Gasteiger partial charge < -0.3 is 15.2 Å². The average Bonchev–Trinajstić information content (AvgIpc) is 3.19. The van der Waals surface area contributed by atoms with Crippen molar-refractivity contribution in [3.05, 3.63) is 63.7 Å². The fourth-order valence-electron chi connectivity index (χ4n) is 2.56. The molecule has 2 aliphatic rings. The molecule has 0 aliphatic carbocycles. The highest BCUT2D eigenvalue weighted by Gasteiger charge is 2.26. The maximum absolute atomic E-state index is 12.1. The van der Waals surface area contributed by atoms with Gasteiger partial charge >= 0.3 is 0 Å². The van der Waals surface area contributed by atoms with Gasteiger partial charge in [-0.3, -0.25) is 14.6 Å². The summed E-state index contributed by atoms with van der Waals surface area (Å²) in [6, 6.07) is 8.73. The molecule has 3 heterocycles. The Labute approximate surface area is 141 Å². The van der Waals surface area contributed by atoms with Gasteiger partial charge in [-0.25, -0.2) is 4.98 Å². The lowest BCUT2D eigenvalue weighted by atomic mass is 10.1. The first kappa shape index (κ1) is 14.7. The Morgan fingerprint density at radius 2 is 2.12 bits per heavy atom. The summed E-state index contributed by atoms with van der Waals surface area (Å²) in [5.74, 6) is -0.418. The van der Waals surface area contributed by atoms with Crippen molar-refractivity contribution in [2.45, 2.75) is 0 Å². The number of amidine groups is 1. The number of H-pyrrole nitrogens is 1. The van der Waals surface area contributed by atoms with E-state index in [4.69, 9.17) is 0 Å². The molecule has 0 bridgehead atoms. The molecule has 0 saturated heterocycles. The quantitative estimate of drug-likeness (QED) is 0.889. The number of fused-ring (bicyclic) bond motifs is 1. The Hall–Kier alpha value is -2.87. The van der Waals surface area contributed by atoms with Crippen LogP contribution in [-0.2, 0) is 0 Å². The summed E-state index contributed by atoms with van der Waals surface area (Å²) in [5.41, 5.74) is 2.56. The summed E-state index contributed by atoms with van der Waals surface area (Å²) in [5, 5.41) is 5.87. The van der Waals surface area contributed by atoms with Gasteiger partial charge in [0, 0.05) is 23.7 Å².